The predicted molar refractivity (Wildman–Crippen MR) is 90.6 cm³/mol. The monoisotopic (exact) mass is 400 g/mol. The van der Waals surface area contributed by atoms with Crippen LogP contribution >= 0.6 is 0 Å². The van der Waals surface area contributed by atoms with Gasteiger partial charge in [-0.15, -0.1) is 0 Å². The molecule has 0 aromatic carbocycles. The molecule has 3 heterocycles. The van der Waals surface area contributed by atoms with E-state index in [-0.39, 0.29) is 5.82 Å². The van der Waals surface area contributed by atoms with Gasteiger partial charge in [0.25, 0.3) is 0 Å². The van der Waals surface area contributed by atoms with Crippen LogP contribution in [0.25, 0.3) is 11.2 Å². The van der Waals surface area contributed by atoms with Gasteiger partial charge in [0.2, 0.25) is 0 Å². The van der Waals surface area contributed by atoms with Crippen LogP contribution in [0.3, 0.4) is 0 Å². The smallest absolute Gasteiger partial charge is 0.321 e. The number of anilines is 1. The topological polar surface area (TPSA) is 240 Å². The number of hydrogen-bond donors (Lipinski definition) is 7. The van der Waals surface area contributed by atoms with Crippen molar-refractivity contribution in [2.24, 2.45) is 5.73 Å². The Kier molecular flexibility index (Phi) is 6.76. The highest BCUT2D eigenvalue weighted by Gasteiger charge is 2.43. The summed E-state index contributed by atoms with van der Waals surface area (Å²) in [5.41, 5.74) is 11.3. The lowest BCUT2D eigenvalue weighted by Gasteiger charge is -2.16. The van der Waals surface area contributed by atoms with E-state index in [2.05, 4.69) is 15.0 Å². The summed E-state index contributed by atoms with van der Waals surface area (Å²) in [6.07, 6.45) is -1.96. The number of fused-ring (bicyclic) bond motifs is 1. The molecule has 1 aliphatic heterocycles. The number of nitrogens with zero attached hydrogens (tertiary/aromatic N) is 4. The summed E-state index contributed by atoms with van der Waals surface area (Å²) < 4.78 is 6.85. The highest BCUT2D eigenvalue weighted by molar-refractivity contribution is 5.81. The number of carbonyl (C=O) groups is 2. The van der Waals surface area contributed by atoms with E-state index in [1.54, 1.807) is 0 Å². The Labute approximate surface area is 157 Å². The maximum atomic E-state index is 9.95. The van der Waals surface area contributed by atoms with Crippen molar-refractivity contribution >= 4 is 28.9 Å². The lowest BCUT2D eigenvalue weighted by molar-refractivity contribution is -0.144. The van der Waals surface area contributed by atoms with Crippen LogP contribution in [0.1, 0.15) is 12.6 Å². The van der Waals surface area contributed by atoms with E-state index in [1.165, 1.54) is 17.2 Å². The van der Waals surface area contributed by atoms with Gasteiger partial charge < -0.3 is 41.7 Å². The minimum atomic E-state index is -1.29. The molecule has 2 aromatic heterocycles. The van der Waals surface area contributed by atoms with Gasteiger partial charge in [-0.3, -0.25) is 14.2 Å². The van der Waals surface area contributed by atoms with Crippen molar-refractivity contribution in [2.45, 2.75) is 37.0 Å². The molecule has 14 heteroatoms. The number of aliphatic carboxylic acids is 2. The van der Waals surface area contributed by atoms with Crippen LogP contribution in [0.4, 0.5) is 5.82 Å². The van der Waals surface area contributed by atoms with Gasteiger partial charge in [0.1, 0.15) is 36.2 Å². The molecule has 1 unspecified atom stereocenters. The number of aromatic nitrogens is 4. The lowest BCUT2D eigenvalue weighted by atomic mass is 10.1. The molecule has 0 aliphatic carbocycles. The van der Waals surface area contributed by atoms with E-state index < -0.39 is 55.5 Å². The van der Waals surface area contributed by atoms with Gasteiger partial charge >= 0.3 is 11.9 Å². The van der Waals surface area contributed by atoms with Crippen LogP contribution in [0.2, 0.25) is 0 Å². The zero-order chi connectivity index (χ0) is 21.0. The van der Waals surface area contributed by atoms with Gasteiger partial charge in [-0.05, 0) is 0 Å². The van der Waals surface area contributed by atoms with Crippen molar-refractivity contribution in [2.75, 3.05) is 12.3 Å². The fourth-order valence-electron chi connectivity index (χ4n) is 2.44. The number of nitrogens with two attached hydrogens (primary N) is 2. The summed E-state index contributed by atoms with van der Waals surface area (Å²) >= 11 is 0. The summed E-state index contributed by atoms with van der Waals surface area (Å²) in [7, 11) is 0. The summed E-state index contributed by atoms with van der Waals surface area (Å²) in [6.45, 7) is -0.390. The first-order valence-corrected chi connectivity index (χ1v) is 7.93. The Bertz CT molecular complexity index is 844. The molecule has 0 saturated carbocycles. The predicted octanol–water partition coefficient (Wildman–Crippen LogP) is -3.11. The third-order valence-electron chi connectivity index (χ3n) is 3.89. The maximum absolute atomic E-state index is 9.95. The second-order valence-corrected chi connectivity index (χ2v) is 5.85. The van der Waals surface area contributed by atoms with Crippen molar-refractivity contribution in [1.29, 1.82) is 0 Å². The quantitative estimate of drug-likeness (QED) is 0.263. The van der Waals surface area contributed by atoms with Crippen molar-refractivity contribution in [1.82, 2.24) is 19.5 Å². The number of aliphatic hydroxyl groups is 3. The zero-order valence-electron chi connectivity index (χ0n) is 14.4. The van der Waals surface area contributed by atoms with E-state index in [1.807, 2.05) is 0 Å². The largest absolute Gasteiger partial charge is 0.481 e. The third-order valence-corrected chi connectivity index (χ3v) is 3.89. The first kappa shape index (κ1) is 21.4. The molecule has 0 bridgehead atoms. The average molecular weight is 400 g/mol. The van der Waals surface area contributed by atoms with Crippen LogP contribution in [0.15, 0.2) is 12.7 Å². The van der Waals surface area contributed by atoms with Crippen LogP contribution in [0, 0.1) is 0 Å². The lowest BCUT2D eigenvalue weighted by Crippen LogP contribution is -2.33. The molecule has 9 N–H and O–H groups in total. The van der Waals surface area contributed by atoms with Gasteiger partial charge in [0.05, 0.1) is 19.4 Å². The summed E-state index contributed by atoms with van der Waals surface area (Å²) in [5, 5.41) is 44.8. The Morgan fingerprint density at radius 1 is 1.21 bits per heavy atom. The van der Waals surface area contributed by atoms with Crippen LogP contribution < -0.4 is 11.5 Å². The van der Waals surface area contributed by atoms with Crippen LogP contribution in [-0.2, 0) is 14.3 Å². The number of rotatable bonds is 5. The zero-order valence-corrected chi connectivity index (χ0v) is 14.4. The second-order valence-electron chi connectivity index (χ2n) is 5.85. The SMILES string of the molecule is NC(CC(=O)O)C(=O)O.Nc1ncnc2c1ncn2[C@@H]1O[C@H](CO)[C@@H](O)[C@H]1O. The van der Waals surface area contributed by atoms with Crippen molar-refractivity contribution in [3.63, 3.8) is 0 Å². The molecule has 0 amide bonds. The van der Waals surface area contributed by atoms with Gasteiger partial charge in [-0.1, -0.05) is 0 Å². The Morgan fingerprint density at radius 2 is 1.89 bits per heavy atom. The van der Waals surface area contributed by atoms with E-state index in [0.717, 1.165) is 0 Å². The first-order valence-electron chi connectivity index (χ1n) is 7.93. The normalized spacial score (nSPS) is 25.1. The molecule has 154 valence electrons. The first-order chi connectivity index (χ1) is 13.2. The summed E-state index contributed by atoms with van der Waals surface area (Å²) in [4.78, 5) is 31.5. The van der Waals surface area contributed by atoms with Gasteiger partial charge in [0, 0.05) is 0 Å². The third kappa shape index (κ3) is 4.49. The molecule has 0 radical (unpaired) electrons. The molecule has 5 atom stereocenters. The number of carboxylic acids is 2. The molecule has 2 aromatic rings. The Balaban J connectivity index is 0.000000266. The molecule has 1 fully saturated rings. The van der Waals surface area contributed by atoms with Crippen molar-refractivity contribution < 1.29 is 39.9 Å². The van der Waals surface area contributed by atoms with E-state index in [0.29, 0.717) is 11.2 Å². The fourth-order valence-corrected chi connectivity index (χ4v) is 2.44. The number of ether oxygens (including phenoxy) is 1. The standard InChI is InChI=1S/C10H13N5O4.C4H7NO4/c11-8-5-9(13-2-12-8)15(3-14-5)10-7(18)6(17)4(1-16)19-10;5-2(4(8)9)1-3(6)7/h2-4,6-7,10,16-18H,1H2,(H2,11,12,13);2H,1,5H2,(H,6,7)(H,8,9)/t4-,6-,7-,10-;/m1./s1. The average Bonchev–Trinajstić information content (AvgIpc) is 3.18. The molecular weight excluding hydrogens is 380 g/mol. The van der Waals surface area contributed by atoms with E-state index in [4.69, 9.17) is 31.5 Å². The fraction of sp³-hybridized carbons (Fsp3) is 0.500. The molecule has 1 saturated heterocycles. The van der Waals surface area contributed by atoms with Gasteiger partial charge in [-0.2, -0.15) is 0 Å². The molecule has 1 aliphatic rings. The maximum Gasteiger partial charge on any atom is 0.321 e. The minimum absolute atomic E-state index is 0.218. The van der Waals surface area contributed by atoms with Crippen molar-refractivity contribution in [3.05, 3.63) is 12.7 Å². The number of nitrogen functional groups attached to an aromatic ring is 1. The molecule has 28 heavy (non-hydrogen) atoms. The molecule has 0 spiro atoms. The van der Waals surface area contributed by atoms with E-state index >= 15 is 0 Å². The Morgan fingerprint density at radius 3 is 2.39 bits per heavy atom. The number of imidazole rings is 1. The number of carboxylic acid groups (broad SMARTS) is 2. The van der Waals surface area contributed by atoms with Crippen LogP contribution in [0.5, 0.6) is 0 Å². The molecular formula is C14H20N6O8. The summed E-state index contributed by atoms with van der Waals surface area (Å²) in [5.74, 6) is -2.28. The van der Waals surface area contributed by atoms with Gasteiger partial charge in [-0.25, -0.2) is 15.0 Å². The number of aliphatic hydroxyl groups excluding tert-OH is 3. The Hall–Kier alpha value is -2.91. The minimum Gasteiger partial charge on any atom is -0.481 e. The van der Waals surface area contributed by atoms with Crippen molar-refractivity contribution in [3.8, 4) is 0 Å². The highest BCUT2D eigenvalue weighted by atomic mass is 16.6. The van der Waals surface area contributed by atoms with Gasteiger partial charge in [0.15, 0.2) is 17.7 Å². The van der Waals surface area contributed by atoms with Crippen LogP contribution in [-0.4, -0.2) is 88.0 Å². The molecule has 14 nitrogen and oxygen atoms in total. The molecule has 3 rings (SSSR count). The number of hydrogen-bond acceptors (Lipinski definition) is 11. The highest BCUT2D eigenvalue weighted by Crippen LogP contribution is 2.31. The van der Waals surface area contributed by atoms with E-state index in [9.17, 15) is 19.8 Å². The summed E-state index contributed by atoms with van der Waals surface area (Å²) in [6, 6.07) is -1.29. The second kappa shape index (κ2) is 8.85.